The lowest BCUT2D eigenvalue weighted by Gasteiger charge is -2.33. The van der Waals surface area contributed by atoms with E-state index in [2.05, 4.69) is 30.0 Å². The summed E-state index contributed by atoms with van der Waals surface area (Å²) in [5, 5.41) is 0. The van der Waals surface area contributed by atoms with Crippen LogP contribution in [0.15, 0.2) is 59.8 Å². The lowest BCUT2D eigenvalue weighted by atomic mass is 9.94. The Labute approximate surface area is 124 Å². The van der Waals surface area contributed by atoms with Crippen molar-refractivity contribution in [2.24, 2.45) is 5.73 Å². The number of carbonyl (C=O) groups excluding carboxylic acids is 1. The van der Waals surface area contributed by atoms with E-state index in [0.29, 0.717) is 12.0 Å². The van der Waals surface area contributed by atoms with Gasteiger partial charge in [-0.25, -0.2) is 0 Å². The minimum atomic E-state index is -0.347. The first kappa shape index (κ1) is 13.4. The Morgan fingerprint density at radius 2 is 1.81 bits per heavy atom. The zero-order valence-electron chi connectivity index (χ0n) is 12.3. The number of benzene rings is 2. The highest BCUT2D eigenvalue weighted by molar-refractivity contribution is 5.96. The lowest BCUT2D eigenvalue weighted by molar-refractivity contribution is -0.114. The second kappa shape index (κ2) is 5.09. The summed E-state index contributed by atoms with van der Waals surface area (Å²) in [5.41, 5.74) is 11.6. The van der Waals surface area contributed by atoms with E-state index in [4.69, 9.17) is 5.73 Å². The van der Waals surface area contributed by atoms with Crippen LogP contribution in [0.5, 0.6) is 0 Å². The van der Waals surface area contributed by atoms with Crippen molar-refractivity contribution in [3.05, 3.63) is 70.9 Å². The Morgan fingerprint density at radius 1 is 1.10 bits per heavy atom. The number of fused-ring (bicyclic) bond motifs is 1. The van der Waals surface area contributed by atoms with Crippen LogP contribution in [0.1, 0.15) is 18.1 Å². The van der Waals surface area contributed by atoms with Crippen LogP contribution in [0.25, 0.3) is 0 Å². The first-order valence-electron chi connectivity index (χ1n) is 7.02. The molecule has 0 spiro atoms. The summed E-state index contributed by atoms with van der Waals surface area (Å²) in [6.07, 6.45) is 0.599. The first-order chi connectivity index (χ1) is 10.1. The average molecular weight is 278 g/mol. The van der Waals surface area contributed by atoms with Crippen molar-refractivity contribution in [2.45, 2.75) is 20.3 Å². The van der Waals surface area contributed by atoms with E-state index in [1.54, 1.807) is 0 Å². The van der Waals surface area contributed by atoms with E-state index >= 15 is 0 Å². The van der Waals surface area contributed by atoms with E-state index < -0.39 is 0 Å². The second-order valence-corrected chi connectivity index (χ2v) is 5.41. The van der Waals surface area contributed by atoms with Gasteiger partial charge in [0.05, 0.1) is 0 Å². The number of hydrogen-bond acceptors (Lipinski definition) is 2. The molecule has 0 unspecified atom stereocenters. The maximum absolute atomic E-state index is 11.8. The number of hydrogen-bond donors (Lipinski definition) is 1. The summed E-state index contributed by atoms with van der Waals surface area (Å²) in [6, 6.07) is 16.4. The number of primary amides is 1. The number of para-hydroxylation sites is 1. The molecule has 0 bridgehead atoms. The highest BCUT2D eigenvalue weighted by atomic mass is 16.1. The average Bonchev–Trinajstić information content (AvgIpc) is 2.47. The van der Waals surface area contributed by atoms with Crippen LogP contribution in [-0.4, -0.2) is 5.91 Å². The Bertz CT molecular complexity index is 732. The first-order valence-corrected chi connectivity index (χ1v) is 7.02. The van der Waals surface area contributed by atoms with Crippen molar-refractivity contribution in [1.82, 2.24) is 0 Å². The molecule has 0 aliphatic carbocycles. The summed E-state index contributed by atoms with van der Waals surface area (Å²) in [7, 11) is 0. The molecular formula is C18H18N2O. The van der Waals surface area contributed by atoms with Crippen LogP contribution < -0.4 is 10.6 Å². The van der Waals surface area contributed by atoms with Crippen molar-refractivity contribution < 1.29 is 4.79 Å². The molecule has 2 aromatic rings. The smallest absolute Gasteiger partial charge is 0.246 e. The number of amides is 1. The van der Waals surface area contributed by atoms with Crippen molar-refractivity contribution in [3.63, 3.8) is 0 Å². The van der Waals surface area contributed by atoms with Crippen molar-refractivity contribution >= 4 is 17.3 Å². The van der Waals surface area contributed by atoms with Gasteiger partial charge in [0.2, 0.25) is 5.91 Å². The largest absolute Gasteiger partial charge is 0.366 e. The number of nitrogens with zero attached hydrogens (tertiary/aromatic N) is 1. The van der Waals surface area contributed by atoms with Crippen LogP contribution in [0.4, 0.5) is 11.4 Å². The molecule has 1 aliphatic rings. The minimum Gasteiger partial charge on any atom is -0.366 e. The van der Waals surface area contributed by atoms with Crippen LogP contribution in [0, 0.1) is 6.92 Å². The fraction of sp³-hybridized carbons (Fsp3) is 0.167. The Morgan fingerprint density at radius 3 is 2.48 bits per heavy atom. The van der Waals surface area contributed by atoms with Gasteiger partial charge in [-0.15, -0.1) is 0 Å². The zero-order valence-corrected chi connectivity index (χ0v) is 12.3. The lowest BCUT2D eigenvalue weighted by Crippen LogP contribution is -2.28. The molecule has 0 saturated carbocycles. The summed E-state index contributed by atoms with van der Waals surface area (Å²) in [6.45, 7) is 4.01. The molecule has 106 valence electrons. The Balaban J connectivity index is 2.22. The molecule has 3 nitrogen and oxygen atoms in total. The third kappa shape index (κ3) is 2.31. The fourth-order valence-corrected chi connectivity index (χ4v) is 2.88. The number of allylic oxidation sites excluding steroid dienone is 1. The van der Waals surface area contributed by atoms with Gasteiger partial charge < -0.3 is 10.6 Å². The van der Waals surface area contributed by atoms with E-state index in [1.165, 1.54) is 5.56 Å². The molecule has 0 saturated heterocycles. The standard InChI is InChI=1S/C18H18N2O/c1-12-8-9-17-14(10-12)11-16(18(19)21)13(2)20(17)15-6-4-3-5-7-15/h3-10H,11H2,1-2H3,(H2,19,21). The van der Waals surface area contributed by atoms with Gasteiger partial charge in [-0.05, 0) is 37.6 Å². The molecule has 0 radical (unpaired) electrons. The number of anilines is 2. The highest BCUT2D eigenvalue weighted by Crippen LogP contribution is 2.39. The number of rotatable bonds is 2. The summed E-state index contributed by atoms with van der Waals surface area (Å²) >= 11 is 0. The van der Waals surface area contributed by atoms with E-state index in [1.807, 2.05) is 37.3 Å². The van der Waals surface area contributed by atoms with Crippen LogP contribution in [0.3, 0.4) is 0 Å². The van der Waals surface area contributed by atoms with Crippen LogP contribution in [0.2, 0.25) is 0 Å². The zero-order chi connectivity index (χ0) is 15.0. The van der Waals surface area contributed by atoms with E-state index in [0.717, 1.165) is 22.6 Å². The predicted octanol–water partition coefficient (Wildman–Crippen LogP) is 3.45. The molecule has 1 aliphatic heterocycles. The molecule has 2 aromatic carbocycles. The molecule has 0 fully saturated rings. The van der Waals surface area contributed by atoms with Crippen molar-refractivity contribution in [1.29, 1.82) is 0 Å². The molecule has 2 N–H and O–H groups in total. The molecule has 0 aromatic heterocycles. The molecule has 0 atom stereocenters. The van der Waals surface area contributed by atoms with Crippen molar-refractivity contribution in [2.75, 3.05) is 4.90 Å². The molecule has 3 rings (SSSR count). The highest BCUT2D eigenvalue weighted by Gasteiger charge is 2.26. The second-order valence-electron chi connectivity index (χ2n) is 5.41. The fourth-order valence-electron chi connectivity index (χ4n) is 2.88. The van der Waals surface area contributed by atoms with Gasteiger partial charge in [0.1, 0.15) is 0 Å². The summed E-state index contributed by atoms with van der Waals surface area (Å²) in [4.78, 5) is 13.9. The van der Waals surface area contributed by atoms with Gasteiger partial charge >= 0.3 is 0 Å². The van der Waals surface area contributed by atoms with Crippen LogP contribution >= 0.6 is 0 Å². The van der Waals surface area contributed by atoms with Gasteiger partial charge in [-0.1, -0.05) is 35.9 Å². The monoisotopic (exact) mass is 278 g/mol. The quantitative estimate of drug-likeness (QED) is 0.914. The molecular weight excluding hydrogens is 260 g/mol. The minimum absolute atomic E-state index is 0.347. The maximum atomic E-state index is 11.8. The van der Waals surface area contributed by atoms with E-state index in [-0.39, 0.29) is 5.91 Å². The molecule has 1 heterocycles. The predicted molar refractivity (Wildman–Crippen MR) is 85.4 cm³/mol. The van der Waals surface area contributed by atoms with E-state index in [9.17, 15) is 4.79 Å². The molecule has 21 heavy (non-hydrogen) atoms. The third-order valence-corrected chi connectivity index (χ3v) is 3.93. The summed E-state index contributed by atoms with van der Waals surface area (Å²) in [5.74, 6) is -0.347. The van der Waals surface area contributed by atoms with Gasteiger partial charge in [0.25, 0.3) is 0 Å². The molecule has 3 heteroatoms. The van der Waals surface area contributed by atoms with Gasteiger partial charge in [-0.3, -0.25) is 4.79 Å². The number of nitrogens with two attached hydrogens (primary N) is 1. The number of carbonyl (C=O) groups is 1. The van der Waals surface area contributed by atoms with Crippen molar-refractivity contribution in [3.8, 4) is 0 Å². The van der Waals surface area contributed by atoms with Gasteiger partial charge in [-0.2, -0.15) is 0 Å². The van der Waals surface area contributed by atoms with Crippen LogP contribution in [-0.2, 0) is 11.2 Å². The topological polar surface area (TPSA) is 46.3 Å². The maximum Gasteiger partial charge on any atom is 0.246 e. The third-order valence-electron chi connectivity index (χ3n) is 3.93. The number of aryl methyl sites for hydroxylation is 1. The SMILES string of the molecule is CC1=C(C(N)=O)Cc2cc(C)ccc2N1c1ccccc1. The molecule has 1 amide bonds. The Kier molecular flexibility index (Phi) is 3.26. The summed E-state index contributed by atoms with van der Waals surface area (Å²) < 4.78 is 0. The van der Waals surface area contributed by atoms with Gasteiger partial charge in [0, 0.05) is 29.1 Å². The normalized spacial score (nSPS) is 14.1. The Hall–Kier alpha value is -2.55. The van der Waals surface area contributed by atoms with Gasteiger partial charge in [0.15, 0.2) is 0 Å².